The first-order valence-electron chi connectivity index (χ1n) is 7.21. The highest BCUT2D eigenvalue weighted by molar-refractivity contribution is 5.77. The number of nitrogens with zero attached hydrogens (tertiary/aromatic N) is 3. The number of anilines is 1. The van der Waals surface area contributed by atoms with Gasteiger partial charge in [-0.15, -0.1) is 0 Å². The van der Waals surface area contributed by atoms with E-state index >= 15 is 0 Å². The smallest absolute Gasteiger partial charge is 0.226 e. The molecule has 120 valence electrons. The highest BCUT2D eigenvalue weighted by Gasteiger charge is 2.23. The molecule has 1 aromatic heterocycles. The maximum absolute atomic E-state index is 13.5. The molecule has 3 aromatic rings. The Kier molecular flexibility index (Phi) is 3.34. The van der Waals surface area contributed by atoms with Crippen LogP contribution in [0.25, 0.3) is 5.70 Å². The van der Waals surface area contributed by atoms with E-state index in [1.165, 1.54) is 24.5 Å². The molecule has 0 spiro atoms. The van der Waals surface area contributed by atoms with Crippen LogP contribution in [-0.4, -0.2) is 14.8 Å². The second-order valence-corrected chi connectivity index (χ2v) is 5.36. The molecular weight excluding hydrogens is 317 g/mol. The van der Waals surface area contributed by atoms with E-state index in [1.54, 1.807) is 16.8 Å². The molecule has 1 aliphatic heterocycles. The summed E-state index contributed by atoms with van der Waals surface area (Å²) in [7, 11) is 0. The lowest BCUT2D eigenvalue weighted by atomic mass is 10.0. The minimum Gasteiger partial charge on any atom is -0.324 e. The van der Waals surface area contributed by atoms with E-state index in [0.29, 0.717) is 17.2 Å². The van der Waals surface area contributed by atoms with Crippen LogP contribution in [0.3, 0.4) is 0 Å². The van der Waals surface area contributed by atoms with Crippen molar-refractivity contribution >= 4 is 11.6 Å². The van der Waals surface area contributed by atoms with Crippen molar-refractivity contribution in [2.75, 3.05) is 5.32 Å². The fourth-order valence-corrected chi connectivity index (χ4v) is 2.66. The Morgan fingerprint density at radius 3 is 2.50 bits per heavy atom. The summed E-state index contributed by atoms with van der Waals surface area (Å²) in [6.07, 6.45) is 3.20. The van der Waals surface area contributed by atoms with Crippen molar-refractivity contribution in [1.82, 2.24) is 14.8 Å². The Balaban J connectivity index is 1.81. The molecule has 0 saturated carbocycles. The fourth-order valence-electron chi connectivity index (χ4n) is 2.66. The van der Waals surface area contributed by atoms with Crippen molar-refractivity contribution in [3.05, 3.63) is 83.4 Å². The molecule has 0 amide bonds. The van der Waals surface area contributed by atoms with E-state index < -0.39 is 11.6 Å². The molecule has 0 bridgehead atoms. The van der Waals surface area contributed by atoms with E-state index in [0.717, 1.165) is 17.7 Å². The summed E-state index contributed by atoms with van der Waals surface area (Å²) in [5, 5.41) is 7.21. The number of allylic oxidation sites excluding steroid dienone is 1. The predicted octanol–water partition coefficient (Wildman–Crippen LogP) is 3.75. The SMILES string of the molecule is Fc1ccc([C@@H]2C=C(c3ccc(F)c(F)c3)Nc3ncnn32)cc1. The maximum Gasteiger partial charge on any atom is 0.226 e. The molecule has 4 nitrogen and oxygen atoms in total. The van der Waals surface area contributed by atoms with Gasteiger partial charge in [0.05, 0.1) is 0 Å². The van der Waals surface area contributed by atoms with E-state index in [-0.39, 0.29) is 11.9 Å². The van der Waals surface area contributed by atoms with Crippen LogP contribution in [0, 0.1) is 17.5 Å². The number of rotatable bonds is 2. The molecular formula is C17H11F3N4. The molecule has 7 heteroatoms. The number of benzene rings is 2. The van der Waals surface area contributed by atoms with Crippen LogP contribution in [0.15, 0.2) is 54.9 Å². The van der Waals surface area contributed by atoms with Crippen LogP contribution < -0.4 is 5.32 Å². The van der Waals surface area contributed by atoms with Crippen molar-refractivity contribution in [3.63, 3.8) is 0 Å². The molecule has 0 unspecified atom stereocenters. The summed E-state index contributed by atoms with van der Waals surface area (Å²) in [4.78, 5) is 4.12. The highest BCUT2D eigenvalue weighted by Crippen LogP contribution is 2.32. The number of halogens is 3. The van der Waals surface area contributed by atoms with Crippen LogP contribution in [0.4, 0.5) is 19.1 Å². The second kappa shape index (κ2) is 5.52. The standard InChI is InChI=1S/C17H11F3N4/c18-12-4-1-10(2-5-12)16-8-15(23-17-21-9-22-24(16)17)11-3-6-13(19)14(20)7-11/h1-9,16H,(H,21,22,23)/t16-/m0/s1. The fraction of sp³-hybridized carbons (Fsp3) is 0.0588. The lowest BCUT2D eigenvalue weighted by Gasteiger charge is -2.24. The molecule has 1 N–H and O–H groups in total. The Morgan fingerprint density at radius 1 is 0.958 bits per heavy atom. The average molecular weight is 328 g/mol. The van der Waals surface area contributed by atoms with Gasteiger partial charge in [-0.05, 0) is 42.0 Å². The molecule has 0 aliphatic carbocycles. The van der Waals surface area contributed by atoms with Crippen molar-refractivity contribution in [2.24, 2.45) is 0 Å². The summed E-state index contributed by atoms with van der Waals surface area (Å²) in [6.45, 7) is 0. The molecule has 0 saturated heterocycles. The Bertz CT molecular complexity index is 931. The number of hydrogen-bond donors (Lipinski definition) is 1. The Hall–Kier alpha value is -3.09. The minimum absolute atomic E-state index is 0.337. The number of aromatic nitrogens is 3. The first kappa shape index (κ1) is 14.5. The monoisotopic (exact) mass is 328 g/mol. The summed E-state index contributed by atoms with van der Waals surface area (Å²) in [6, 6.07) is 9.34. The van der Waals surface area contributed by atoms with Crippen LogP contribution in [0.2, 0.25) is 0 Å². The van der Waals surface area contributed by atoms with Gasteiger partial charge >= 0.3 is 0 Å². The van der Waals surface area contributed by atoms with Crippen LogP contribution >= 0.6 is 0 Å². The molecule has 1 atom stereocenters. The Labute approximate surface area is 135 Å². The van der Waals surface area contributed by atoms with E-state index in [2.05, 4.69) is 15.4 Å². The first-order valence-corrected chi connectivity index (χ1v) is 7.21. The average Bonchev–Trinajstić information content (AvgIpc) is 3.06. The summed E-state index contributed by atoms with van der Waals surface area (Å²) < 4.78 is 41.5. The van der Waals surface area contributed by atoms with E-state index in [1.807, 2.05) is 6.08 Å². The molecule has 24 heavy (non-hydrogen) atoms. The van der Waals surface area contributed by atoms with Crippen LogP contribution in [0.1, 0.15) is 17.2 Å². The molecule has 0 fully saturated rings. The van der Waals surface area contributed by atoms with Gasteiger partial charge in [-0.2, -0.15) is 10.1 Å². The zero-order chi connectivity index (χ0) is 16.7. The van der Waals surface area contributed by atoms with Crippen molar-refractivity contribution in [2.45, 2.75) is 6.04 Å². The minimum atomic E-state index is -0.930. The molecule has 4 rings (SSSR count). The van der Waals surface area contributed by atoms with Gasteiger partial charge in [-0.1, -0.05) is 12.1 Å². The zero-order valence-electron chi connectivity index (χ0n) is 12.2. The Morgan fingerprint density at radius 2 is 1.75 bits per heavy atom. The van der Waals surface area contributed by atoms with Gasteiger partial charge in [0.15, 0.2) is 11.6 Å². The number of fused-ring (bicyclic) bond motifs is 1. The van der Waals surface area contributed by atoms with Crippen LogP contribution in [-0.2, 0) is 0 Å². The van der Waals surface area contributed by atoms with E-state index in [9.17, 15) is 13.2 Å². The van der Waals surface area contributed by atoms with Crippen molar-refractivity contribution < 1.29 is 13.2 Å². The predicted molar refractivity (Wildman–Crippen MR) is 82.5 cm³/mol. The van der Waals surface area contributed by atoms with Gasteiger partial charge in [0.2, 0.25) is 5.95 Å². The van der Waals surface area contributed by atoms with E-state index in [4.69, 9.17) is 0 Å². The largest absolute Gasteiger partial charge is 0.324 e. The van der Waals surface area contributed by atoms with Gasteiger partial charge < -0.3 is 5.32 Å². The summed E-state index contributed by atoms with van der Waals surface area (Å²) in [5.74, 6) is -1.71. The van der Waals surface area contributed by atoms with Crippen LogP contribution in [0.5, 0.6) is 0 Å². The van der Waals surface area contributed by atoms with Gasteiger partial charge in [0, 0.05) is 11.3 Å². The third kappa shape index (κ3) is 2.44. The quantitative estimate of drug-likeness (QED) is 0.779. The third-order valence-corrected chi connectivity index (χ3v) is 3.85. The normalized spacial score (nSPS) is 16.3. The number of nitrogens with one attached hydrogen (secondary N) is 1. The lowest BCUT2D eigenvalue weighted by molar-refractivity contribution is 0.508. The van der Waals surface area contributed by atoms with Gasteiger partial charge in [-0.25, -0.2) is 17.9 Å². The summed E-state index contributed by atoms with van der Waals surface area (Å²) in [5.41, 5.74) is 1.85. The second-order valence-electron chi connectivity index (χ2n) is 5.36. The number of hydrogen-bond acceptors (Lipinski definition) is 3. The summed E-state index contributed by atoms with van der Waals surface area (Å²) >= 11 is 0. The van der Waals surface area contributed by atoms with Gasteiger partial charge in [0.25, 0.3) is 0 Å². The first-order chi connectivity index (χ1) is 11.6. The van der Waals surface area contributed by atoms with Gasteiger partial charge in [-0.3, -0.25) is 0 Å². The zero-order valence-corrected chi connectivity index (χ0v) is 12.2. The van der Waals surface area contributed by atoms with Gasteiger partial charge in [0.1, 0.15) is 18.2 Å². The van der Waals surface area contributed by atoms with Crippen molar-refractivity contribution in [1.29, 1.82) is 0 Å². The topological polar surface area (TPSA) is 42.7 Å². The molecule has 0 radical (unpaired) electrons. The van der Waals surface area contributed by atoms with Crippen molar-refractivity contribution in [3.8, 4) is 0 Å². The molecule has 2 heterocycles. The molecule has 1 aliphatic rings. The molecule has 2 aromatic carbocycles. The lowest BCUT2D eigenvalue weighted by Crippen LogP contribution is -2.20. The third-order valence-electron chi connectivity index (χ3n) is 3.85. The highest BCUT2D eigenvalue weighted by atomic mass is 19.2. The maximum atomic E-state index is 13.5.